The van der Waals surface area contributed by atoms with Crippen LogP contribution in [0.25, 0.3) is 0 Å². The Hall–Kier alpha value is -2.25. The second-order valence-corrected chi connectivity index (χ2v) is 6.72. The van der Waals surface area contributed by atoms with E-state index >= 15 is 0 Å². The van der Waals surface area contributed by atoms with E-state index in [2.05, 4.69) is 30.8 Å². The molecule has 7 nitrogen and oxygen atoms in total. The van der Waals surface area contributed by atoms with Gasteiger partial charge in [-0.3, -0.25) is 14.7 Å². The molecule has 4 rings (SSSR count). The van der Waals surface area contributed by atoms with Gasteiger partial charge in [-0.05, 0) is 25.0 Å². The minimum absolute atomic E-state index is 0.0744. The van der Waals surface area contributed by atoms with Crippen molar-refractivity contribution in [3.05, 3.63) is 48.3 Å². The number of hydrogen-bond donors (Lipinski definition) is 1. The van der Waals surface area contributed by atoms with Crippen molar-refractivity contribution in [1.82, 2.24) is 24.8 Å². The number of aromatic nitrogens is 3. The van der Waals surface area contributed by atoms with Crippen molar-refractivity contribution < 1.29 is 9.53 Å². The molecule has 1 fully saturated rings. The van der Waals surface area contributed by atoms with Gasteiger partial charge < -0.3 is 14.6 Å². The Labute approximate surface area is 147 Å². The summed E-state index contributed by atoms with van der Waals surface area (Å²) in [6.07, 6.45) is 6.75. The maximum absolute atomic E-state index is 12.1. The van der Waals surface area contributed by atoms with Crippen molar-refractivity contribution in [3.8, 4) is 0 Å². The number of likely N-dealkylation sites (tertiary alicyclic amines) is 1. The molecule has 0 aromatic carbocycles. The highest BCUT2D eigenvalue weighted by molar-refractivity contribution is 5.80. The number of rotatable bonds is 3. The van der Waals surface area contributed by atoms with E-state index in [0.29, 0.717) is 6.54 Å². The number of fused-ring (bicyclic) bond motifs is 2. The lowest BCUT2D eigenvalue weighted by atomic mass is 9.88. The van der Waals surface area contributed by atoms with Gasteiger partial charge in [-0.15, -0.1) is 0 Å². The van der Waals surface area contributed by atoms with E-state index in [1.54, 1.807) is 13.2 Å². The number of ether oxygens (including phenoxy) is 1. The van der Waals surface area contributed by atoms with Crippen LogP contribution >= 0.6 is 0 Å². The molecule has 1 amide bonds. The van der Waals surface area contributed by atoms with Crippen LogP contribution in [0.15, 0.2) is 36.8 Å². The van der Waals surface area contributed by atoms with Gasteiger partial charge in [0, 0.05) is 45.3 Å². The molecule has 2 aromatic heterocycles. The van der Waals surface area contributed by atoms with Crippen molar-refractivity contribution in [2.45, 2.75) is 37.6 Å². The van der Waals surface area contributed by atoms with Crippen molar-refractivity contribution >= 4 is 5.91 Å². The highest BCUT2D eigenvalue weighted by Gasteiger charge is 2.46. The molecule has 1 N–H and O–H groups in total. The molecule has 132 valence electrons. The molecule has 0 bridgehead atoms. The molecule has 0 saturated carbocycles. The zero-order chi connectivity index (χ0) is 17.3. The number of carbonyl (C=O) groups excluding carboxylic acids is 1. The van der Waals surface area contributed by atoms with Crippen LogP contribution in [0.5, 0.6) is 0 Å². The van der Waals surface area contributed by atoms with Gasteiger partial charge in [0.15, 0.2) is 6.10 Å². The zero-order valence-electron chi connectivity index (χ0n) is 14.4. The fraction of sp³-hybridized carbons (Fsp3) is 0.500. The predicted molar refractivity (Wildman–Crippen MR) is 91.6 cm³/mol. The van der Waals surface area contributed by atoms with Crippen molar-refractivity contribution in [2.24, 2.45) is 0 Å². The van der Waals surface area contributed by atoms with Gasteiger partial charge >= 0.3 is 0 Å². The van der Waals surface area contributed by atoms with Gasteiger partial charge in [0.1, 0.15) is 11.4 Å². The number of imidazole rings is 1. The van der Waals surface area contributed by atoms with E-state index in [4.69, 9.17) is 4.74 Å². The Morgan fingerprint density at radius 3 is 2.88 bits per heavy atom. The maximum Gasteiger partial charge on any atom is 0.250 e. The molecule has 1 saturated heterocycles. The van der Waals surface area contributed by atoms with Gasteiger partial charge in [-0.25, -0.2) is 4.98 Å². The van der Waals surface area contributed by atoms with Crippen LogP contribution in [-0.4, -0.2) is 51.6 Å². The van der Waals surface area contributed by atoms with E-state index in [1.165, 1.54) is 0 Å². The van der Waals surface area contributed by atoms with E-state index in [1.807, 2.05) is 24.5 Å². The Bertz CT molecular complexity index is 737. The predicted octanol–water partition coefficient (Wildman–Crippen LogP) is 0.914. The summed E-state index contributed by atoms with van der Waals surface area (Å²) in [5.74, 6) is 0.875. The molecule has 0 unspecified atom stereocenters. The highest BCUT2D eigenvalue weighted by Crippen LogP contribution is 2.40. The fourth-order valence-corrected chi connectivity index (χ4v) is 3.83. The number of hydrogen-bond acceptors (Lipinski definition) is 5. The summed E-state index contributed by atoms with van der Waals surface area (Å²) in [4.78, 5) is 23.5. The molecular formula is C18H23N5O2. The first-order valence-corrected chi connectivity index (χ1v) is 8.73. The lowest BCUT2D eigenvalue weighted by Gasteiger charge is -2.45. The number of amides is 1. The Balaban J connectivity index is 1.50. The molecule has 7 heteroatoms. The number of likely N-dealkylation sites (N-methyl/N-ethyl adjacent to an activating group) is 1. The van der Waals surface area contributed by atoms with Crippen LogP contribution in [0.1, 0.15) is 24.4 Å². The highest BCUT2D eigenvalue weighted by atomic mass is 16.5. The number of nitrogens with zero attached hydrogens (tertiary/aromatic N) is 4. The van der Waals surface area contributed by atoms with Gasteiger partial charge in [0.25, 0.3) is 5.91 Å². The normalized spacial score (nSPS) is 22.5. The van der Waals surface area contributed by atoms with Crippen LogP contribution in [0.2, 0.25) is 0 Å². The van der Waals surface area contributed by atoms with Crippen LogP contribution in [0, 0.1) is 0 Å². The topological polar surface area (TPSA) is 72.3 Å². The van der Waals surface area contributed by atoms with Crippen molar-refractivity contribution in [1.29, 1.82) is 0 Å². The second-order valence-electron chi connectivity index (χ2n) is 6.72. The van der Waals surface area contributed by atoms with Crippen molar-refractivity contribution in [2.75, 3.05) is 20.1 Å². The average molecular weight is 341 g/mol. The smallest absolute Gasteiger partial charge is 0.250 e. The van der Waals surface area contributed by atoms with Crippen LogP contribution in [0.3, 0.4) is 0 Å². The summed E-state index contributed by atoms with van der Waals surface area (Å²) in [5.41, 5.74) is 0.604. The number of nitrogens with one attached hydrogen (secondary N) is 1. The Morgan fingerprint density at radius 1 is 1.32 bits per heavy atom. The summed E-state index contributed by atoms with van der Waals surface area (Å²) in [7, 11) is 1.65. The first-order chi connectivity index (χ1) is 12.2. The molecule has 2 aliphatic rings. The third kappa shape index (κ3) is 3.05. The van der Waals surface area contributed by atoms with E-state index < -0.39 is 11.7 Å². The quantitative estimate of drug-likeness (QED) is 0.899. The molecule has 25 heavy (non-hydrogen) atoms. The molecule has 0 radical (unpaired) electrons. The van der Waals surface area contributed by atoms with E-state index in [0.717, 1.165) is 44.0 Å². The molecular weight excluding hydrogens is 318 g/mol. The maximum atomic E-state index is 12.1. The standard InChI is InChI=1S/C18H23N5O2/c1-19-16(24)15-13-23-11-8-21-17(23)18(25-15)5-9-22(10-6-18)12-14-4-2-3-7-20-14/h2-4,7-8,11,15H,5-6,9-10,12-13H2,1H3,(H,19,24)/t15-/m1/s1. The third-order valence-corrected chi connectivity index (χ3v) is 5.17. The molecule has 4 heterocycles. The summed E-state index contributed by atoms with van der Waals surface area (Å²) in [6, 6.07) is 6.00. The Morgan fingerprint density at radius 2 is 2.16 bits per heavy atom. The fourth-order valence-electron chi connectivity index (χ4n) is 3.83. The van der Waals surface area contributed by atoms with Crippen LogP contribution in [0.4, 0.5) is 0 Å². The number of piperidine rings is 1. The van der Waals surface area contributed by atoms with Crippen molar-refractivity contribution in [3.63, 3.8) is 0 Å². The molecule has 2 aliphatic heterocycles. The molecule has 2 aromatic rings. The Kier molecular flexibility index (Phi) is 4.27. The van der Waals surface area contributed by atoms with Crippen LogP contribution in [-0.2, 0) is 28.2 Å². The first-order valence-electron chi connectivity index (χ1n) is 8.73. The molecule has 1 spiro atoms. The van der Waals surface area contributed by atoms with Gasteiger partial charge in [-0.1, -0.05) is 6.07 Å². The van der Waals surface area contributed by atoms with Gasteiger partial charge in [-0.2, -0.15) is 0 Å². The SMILES string of the molecule is CNC(=O)[C@H]1Cn2ccnc2C2(CCN(Cc3ccccn3)CC2)O1. The summed E-state index contributed by atoms with van der Waals surface area (Å²) in [5, 5.41) is 2.70. The van der Waals surface area contributed by atoms with Crippen LogP contribution < -0.4 is 5.32 Å². The molecule has 1 atom stereocenters. The first kappa shape index (κ1) is 16.2. The summed E-state index contributed by atoms with van der Waals surface area (Å²) < 4.78 is 8.38. The lowest BCUT2D eigenvalue weighted by Crippen LogP contribution is -2.53. The monoisotopic (exact) mass is 341 g/mol. The summed E-state index contributed by atoms with van der Waals surface area (Å²) in [6.45, 7) is 3.15. The lowest BCUT2D eigenvalue weighted by molar-refractivity contribution is -0.173. The molecule has 0 aliphatic carbocycles. The number of carbonyl (C=O) groups is 1. The summed E-state index contributed by atoms with van der Waals surface area (Å²) >= 11 is 0. The van der Waals surface area contributed by atoms with E-state index in [-0.39, 0.29) is 5.91 Å². The number of pyridine rings is 1. The zero-order valence-corrected chi connectivity index (χ0v) is 14.4. The van der Waals surface area contributed by atoms with Gasteiger partial charge in [0.2, 0.25) is 0 Å². The minimum Gasteiger partial charge on any atom is -0.357 e. The van der Waals surface area contributed by atoms with Gasteiger partial charge in [0.05, 0.1) is 12.2 Å². The van der Waals surface area contributed by atoms with E-state index in [9.17, 15) is 4.79 Å². The second kappa shape index (κ2) is 6.57. The minimum atomic E-state index is -0.473. The third-order valence-electron chi connectivity index (χ3n) is 5.17. The largest absolute Gasteiger partial charge is 0.357 e. The average Bonchev–Trinajstić information content (AvgIpc) is 3.13.